The number of methoxy groups -OCH3 is 2. The Morgan fingerprint density at radius 1 is 1.14 bits per heavy atom. The van der Waals surface area contributed by atoms with Crippen LogP contribution >= 0.6 is 0 Å². The maximum absolute atomic E-state index is 11.5. The van der Waals surface area contributed by atoms with Crippen molar-refractivity contribution in [2.45, 2.75) is 6.42 Å². The maximum atomic E-state index is 11.5. The minimum atomic E-state index is -1.34. The molecule has 1 aromatic carbocycles. The van der Waals surface area contributed by atoms with Crippen LogP contribution in [0.25, 0.3) is 0 Å². The molecule has 1 rings (SSSR count). The van der Waals surface area contributed by atoms with Crippen molar-refractivity contribution >= 4 is 17.9 Å². The summed E-state index contributed by atoms with van der Waals surface area (Å²) in [6.07, 6.45) is -0.0979. The number of carbonyl (C=O) groups is 3. The number of rotatable bonds is 7. The highest BCUT2D eigenvalue weighted by Crippen LogP contribution is 2.22. The Hall–Kier alpha value is -2.57. The van der Waals surface area contributed by atoms with E-state index in [1.54, 1.807) is 24.3 Å². The van der Waals surface area contributed by atoms with E-state index in [9.17, 15) is 14.4 Å². The molecule has 0 aliphatic rings. The molecule has 1 aromatic rings. The smallest absolute Gasteiger partial charge is 0.343 e. The van der Waals surface area contributed by atoms with Gasteiger partial charge in [-0.25, -0.2) is 4.79 Å². The minimum absolute atomic E-state index is 0.0979. The molecule has 1 N–H and O–H groups in total. The van der Waals surface area contributed by atoms with E-state index < -0.39 is 23.8 Å². The lowest BCUT2D eigenvalue weighted by Gasteiger charge is -2.14. The fourth-order valence-electron chi connectivity index (χ4n) is 1.64. The third kappa shape index (κ3) is 4.79. The van der Waals surface area contributed by atoms with Crippen LogP contribution < -0.4 is 4.74 Å². The predicted octanol–water partition coefficient (Wildman–Crippen LogP) is 0.655. The number of carboxylic acids is 1. The second-order valence-corrected chi connectivity index (χ2v) is 4.09. The summed E-state index contributed by atoms with van der Waals surface area (Å²) in [7, 11) is 2.35. The van der Waals surface area contributed by atoms with E-state index in [1.807, 2.05) is 0 Å². The van der Waals surface area contributed by atoms with Gasteiger partial charge < -0.3 is 19.3 Å². The molecule has 0 aliphatic heterocycles. The van der Waals surface area contributed by atoms with Crippen molar-refractivity contribution in [3.63, 3.8) is 0 Å². The second-order valence-electron chi connectivity index (χ2n) is 4.09. The van der Waals surface area contributed by atoms with E-state index >= 15 is 0 Å². The van der Waals surface area contributed by atoms with E-state index in [0.29, 0.717) is 11.3 Å². The fraction of sp³-hybridized carbons (Fsp3) is 0.357. The quantitative estimate of drug-likeness (QED) is 0.582. The molecule has 7 heteroatoms. The largest absolute Gasteiger partial charge is 0.482 e. The molecule has 114 valence electrons. The lowest BCUT2D eigenvalue weighted by molar-refractivity contribution is -0.156. The molecule has 1 atom stereocenters. The normalized spacial score (nSPS) is 11.3. The first kappa shape index (κ1) is 16.5. The molecule has 0 saturated carbocycles. The number of carboxylic acid groups (broad SMARTS) is 1. The Labute approximate surface area is 121 Å². The molecule has 0 heterocycles. The van der Waals surface area contributed by atoms with Crippen molar-refractivity contribution < 1.29 is 33.7 Å². The van der Waals surface area contributed by atoms with Crippen LogP contribution in [0.1, 0.15) is 5.56 Å². The first-order chi connectivity index (χ1) is 9.99. The summed E-state index contributed by atoms with van der Waals surface area (Å²) in [5.41, 5.74) is 0.485. The van der Waals surface area contributed by atoms with Gasteiger partial charge in [-0.3, -0.25) is 9.59 Å². The third-order valence-electron chi connectivity index (χ3n) is 2.75. The molecular formula is C14H16O7. The molecule has 1 unspecified atom stereocenters. The monoisotopic (exact) mass is 296 g/mol. The number of hydrogen-bond acceptors (Lipinski definition) is 6. The Balaban J connectivity index is 2.89. The van der Waals surface area contributed by atoms with Gasteiger partial charge >= 0.3 is 17.9 Å². The van der Waals surface area contributed by atoms with E-state index in [1.165, 1.54) is 7.11 Å². The van der Waals surface area contributed by atoms with Crippen molar-refractivity contribution in [2.75, 3.05) is 20.8 Å². The van der Waals surface area contributed by atoms with Crippen molar-refractivity contribution in [2.24, 2.45) is 5.92 Å². The topological polar surface area (TPSA) is 99.1 Å². The number of para-hydroxylation sites is 1. The van der Waals surface area contributed by atoms with Gasteiger partial charge in [-0.1, -0.05) is 18.2 Å². The number of benzene rings is 1. The van der Waals surface area contributed by atoms with Gasteiger partial charge in [0.05, 0.1) is 14.2 Å². The predicted molar refractivity (Wildman–Crippen MR) is 70.8 cm³/mol. The highest BCUT2D eigenvalue weighted by atomic mass is 16.6. The Morgan fingerprint density at radius 2 is 1.81 bits per heavy atom. The summed E-state index contributed by atoms with van der Waals surface area (Å²) < 4.78 is 14.2. The van der Waals surface area contributed by atoms with Crippen LogP contribution in [-0.2, 0) is 30.3 Å². The summed E-state index contributed by atoms with van der Waals surface area (Å²) in [5.74, 6) is -3.71. The summed E-state index contributed by atoms with van der Waals surface area (Å²) >= 11 is 0. The first-order valence-electron chi connectivity index (χ1n) is 6.07. The van der Waals surface area contributed by atoms with E-state index in [0.717, 1.165) is 7.11 Å². The molecule has 0 saturated heterocycles. The summed E-state index contributed by atoms with van der Waals surface area (Å²) in [4.78, 5) is 33.6. The molecule has 0 aliphatic carbocycles. The molecule has 0 bridgehead atoms. The van der Waals surface area contributed by atoms with Gasteiger partial charge in [-0.15, -0.1) is 0 Å². The van der Waals surface area contributed by atoms with Crippen LogP contribution in [0.5, 0.6) is 5.75 Å². The average molecular weight is 296 g/mol. The van der Waals surface area contributed by atoms with Crippen LogP contribution in [0.3, 0.4) is 0 Å². The molecule has 7 nitrogen and oxygen atoms in total. The summed E-state index contributed by atoms with van der Waals surface area (Å²) in [6, 6.07) is 6.54. The van der Waals surface area contributed by atoms with Crippen molar-refractivity contribution in [3.8, 4) is 5.75 Å². The lowest BCUT2D eigenvalue weighted by Crippen LogP contribution is -2.27. The van der Waals surface area contributed by atoms with E-state index in [4.69, 9.17) is 9.84 Å². The summed E-state index contributed by atoms with van der Waals surface area (Å²) in [5, 5.41) is 9.07. The molecule has 0 radical (unpaired) electrons. The van der Waals surface area contributed by atoms with Crippen molar-refractivity contribution in [1.29, 1.82) is 0 Å². The zero-order chi connectivity index (χ0) is 15.8. The zero-order valence-corrected chi connectivity index (χ0v) is 11.7. The standard InChI is InChI=1S/C14H16O7/c1-19-12(15)8-21-11-6-4-3-5-9(11)7-10(13(16)17)14(18)20-2/h3-6,10H,7-8H2,1-2H3,(H,16,17). The molecule has 0 aromatic heterocycles. The fourth-order valence-corrected chi connectivity index (χ4v) is 1.64. The molecule has 0 fully saturated rings. The Kier molecular flexibility index (Phi) is 6.19. The highest BCUT2D eigenvalue weighted by Gasteiger charge is 2.28. The Bertz CT molecular complexity index is 524. The van der Waals surface area contributed by atoms with E-state index in [-0.39, 0.29) is 13.0 Å². The first-order valence-corrected chi connectivity index (χ1v) is 6.07. The third-order valence-corrected chi connectivity index (χ3v) is 2.75. The van der Waals surface area contributed by atoms with Gasteiger partial charge in [0.25, 0.3) is 0 Å². The molecule has 0 amide bonds. The summed E-state index contributed by atoms with van der Waals surface area (Å²) in [6.45, 7) is -0.302. The van der Waals surface area contributed by atoms with Gasteiger partial charge in [-0.05, 0) is 18.1 Å². The van der Waals surface area contributed by atoms with Crippen molar-refractivity contribution in [1.82, 2.24) is 0 Å². The van der Waals surface area contributed by atoms with Crippen LogP contribution in [0.4, 0.5) is 0 Å². The number of ether oxygens (including phenoxy) is 3. The van der Waals surface area contributed by atoms with Gasteiger partial charge in [0.2, 0.25) is 0 Å². The second kappa shape index (κ2) is 7.88. The van der Waals surface area contributed by atoms with E-state index in [2.05, 4.69) is 9.47 Å². The van der Waals surface area contributed by atoms with Gasteiger partial charge in [0.1, 0.15) is 5.75 Å². The Morgan fingerprint density at radius 3 is 2.38 bits per heavy atom. The van der Waals surface area contributed by atoms with Crippen molar-refractivity contribution in [3.05, 3.63) is 29.8 Å². The minimum Gasteiger partial charge on any atom is -0.482 e. The van der Waals surface area contributed by atoms with Gasteiger partial charge in [0, 0.05) is 0 Å². The highest BCUT2D eigenvalue weighted by molar-refractivity contribution is 5.94. The molecular weight excluding hydrogens is 280 g/mol. The molecule has 0 spiro atoms. The van der Waals surface area contributed by atoms with Crippen LogP contribution in [0.2, 0.25) is 0 Å². The van der Waals surface area contributed by atoms with Crippen LogP contribution in [0.15, 0.2) is 24.3 Å². The number of esters is 2. The number of aliphatic carboxylic acids is 1. The van der Waals surface area contributed by atoms with Crippen LogP contribution in [0, 0.1) is 5.92 Å². The van der Waals surface area contributed by atoms with Gasteiger partial charge in [-0.2, -0.15) is 0 Å². The number of carbonyl (C=O) groups excluding carboxylic acids is 2. The lowest BCUT2D eigenvalue weighted by atomic mass is 9.99. The SMILES string of the molecule is COC(=O)COc1ccccc1CC(C(=O)O)C(=O)OC. The average Bonchev–Trinajstić information content (AvgIpc) is 2.49. The van der Waals surface area contributed by atoms with Gasteiger partial charge in [0.15, 0.2) is 12.5 Å². The van der Waals surface area contributed by atoms with Crippen LogP contribution in [-0.4, -0.2) is 43.8 Å². The molecule has 21 heavy (non-hydrogen) atoms. The number of hydrogen-bond donors (Lipinski definition) is 1. The zero-order valence-electron chi connectivity index (χ0n) is 11.7. The maximum Gasteiger partial charge on any atom is 0.343 e.